The number of sulfonamides is 1. The Morgan fingerprint density at radius 3 is 2.13 bits per heavy atom. The molecule has 4 rings (SSSR count). The van der Waals surface area contributed by atoms with Gasteiger partial charge in [-0.15, -0.1) is 0 Å². The molecule has 0 spiro atoms. The van der Waals surface area contributed by atoms with Gasteiger partial charge in [-0.1, -0.05) is 59.6 Å². The highest BCUT2D eigenvalue weighted by molar-refractivity contribution is 7.92. The Labute approximate surface area is 183 Å². The monoisotopic (exact) mass is 459 g/mol. The molecule has 0 fully saturated rings. The molecule has 0 aliphatic rings. The van der Waals surface area contributed by atoms with Crippen LogP contribution in [0.5, 0.6) is 17.2 Å². The number of phenols is 1. The van der Waals surface area contributed by atoms with Gasteiger partial charge in [0.15, 0.2) is 0 Å². The average molecular weight is 460 g/mol. The molecule has 0 atom stereocenters. The van der Waals surface area contributed by atoms with E-state index in [1.165, 1.54) is 18.2 Å². The van der Waals surface area contributed by atoms with Crippen LogP contribution in [0.2, 0.25) is 10.0 Å². The summed E-state index contributed by atoms with van der Waals surface area (Å²) in [7, 11) is -3.90. The molecule has 4 aromatic carbocycles. The zero-order valence-corrected chi connectivity index (χ0v) is 17.7. The lowest BCUT2D eigenvalue weighted by molar-refractivity contribution is 0.481. The van der Waals surface area contributed by atoms with Crippen molar-refractivity contribution in [1.82, 2.24) is 0 Å². The number of halogens is 2. The standard InChI is InChI=1S/C22H15Cl2NO4S/c23-18-7-3-4-8-21(18)29-14-9-11-15(12-10-14)30(27,28)25-20-13-19(24)22(26)17-6-2-1-5-16(17)20/h1-13,25-26H. The summed E-state index contributed by atoms with van der Waals surface area (Å²) in [5.41, 5.74) is 0.268. The maximum Gasteiger partial charge on any atom is 0.261 e. The van der Waals surface area contributed by atoms with Crippen molar-refractivity contribution in [1.29, 1.82) is 0 Å². The number of hydrogen-bond acceptors (Lipinski definition) is 4. The number of para-hydroxylation sites is 1. The number of rotatable bonds is 5. The molecule has 0 bridgehead atoms. The van der Waals surface area contributed by atoms with Crippen LogP contribution < -0.4 is 9.46 Å². The molecular formula is C22H15Cl2NO4S. The van der Waals surface area contributed by atoms with Gasteiger partial charge in [0.05, 0.1) is 20.6 Å². The Hall–Kier alpha value is -2.93. The van der Waals surface area contributed by atoms with Crippen molar-refractivity contribution in [2.24, 2.45) is 0 Å². The highest BCUT2D eigenvalue weighted by atomic mass is 35.5. The third-order valence-electron chi connectivity index (χ3n) is 4.41. The van der Waals surface area contributed by atoms with E-state index in [4.69, 9.17) is 27.9 Å². The van der Waals surface area contributed by atoms with Crippen molar-refractivity contribution in [2.75, 3.05) is 4.72 Å². The second-order valence-corrected chi connectivity index (χ2v) is 8.91. The van der Waals surface area contributed by atoms with E-state index in [0.29, 0.717) is 27.3 Å². The Morgan fingerprint density at radius 1 is 0.800 bits per heavy atom. The van der Waals surface area contributed by atoms with E-state index in [2.05, 4.69) is 4.72 Å². The molecule has 0 aliphatic heterocycles. The molecule has 0 radical (unpaired) electrons. The van der Waals surface area contributed by atoms with Crippen LogP contribution in [-0.4, -0.2) is 13.5 Å². The minimum atomic E-state index is -3.90. The predicted molar refractivity (Wildman–Crippen MR) is 119 cm³/mol. The number of anilines is 1. The van der Waals surface area contributed by atoms with Crippen LogP contribution >= 0.6 is 23.2 Å². The van der Waals surface area contributed by atoms with E-state index in [-0.39, 0.29) is 21.4 Å². The molecule has 0 saturated heterocycles. The Balaban J connectivity index is 1.63. The summed E-state index contributed by atoms with van der Waals surface area (Å²) >= 11 is 12.1. The van der Waals surface area contributed by atoms with Gasteiger partial charge < -0.3 is 9.84 Å². The van der Waals surface area contributed by atoms with Crippen molar-refractivity contribution in [3.05, 3.63) is 88.9 Å². The van der Waals surface area contributed by atoms with Gasteiger partial charge in [0.1, 0.15) is 17.2 Å². The maximum atomic E-state index is 12.9. The van der Waals surface area contributed by atoms with Crippen LogP contribution in [0.15, 0.2) is 83.8 Å². The van der Waals surface area contributed by atoms with Gasteiger partial charge in [-0.3, -0.25) is 4.72 Å². The van der Waals surface area contributed by atoms with Crippen molar-refractivity contribution in [3.63, 3.8) is 0 Å². The molecule has 0 saturated carbocycles. The molecule has 0 amide bonds. The maximum absolute atomic E-state index is 12.9. The molecule has 5 nitrogen and oxygen atoms in total. The molecule has 0 heterocycles. The number of hydrogen-bond donors (Lipinski definition) is 2. The first kappa shape index (κ1) is 20.3. The molecule has 8 heteroatoms. The van der Waals surface area contributed by atoms with Crippen LogP contribution in [0.3, 0.4) is 0 Å². The number of aromatic hydroxyl groups is 1. The first-order valence-corrected chi connectivity index (χ1v) is 11.0. The summed E-state index contributed by atoms with van der Waals surface area (Å²) < 4.78 is 34.0. The van der Waals surface area contributed by atoms with E-state index in [1.807, 2.05) is 0 Å². The van der Waals surface area contributed by atoms with Gasteiger partial charge in [0, 0.05) is 10.8 Å². The molecule has 30 heavy (non-hydrogen) atoms. The Kier molecular flexibility index (Phi) is 5.47. The SMILES string of the molecule is O=S(=O)(Nc1cc(Cl)c(O)c2ccccc12)c1ccc(Oc2ccccc2Cl)cc1. The summed E-state index contributed by atoms with van der Waals surface area (Å²) in [6.45, 7) is 0. The van der Waals surface area contributed by atoms with Crippen molar-refractivity contribution >= 4 is 49.7 Å². The normalized spacial score (nSPS) is 11.4. The van der Waals surface area contributed by atoms with E-state index >= 15 is 0 Å². The Bertz CT molecular complexity index is 1340. The largest absolute Gasteiger partial charge is 0.506 e. The number of nitrogens with one attached hydrogen (secondary N) is 1. The van der Waals surface area contributed by atoms with Crippen molar-refractivity contribution < 1.29 is 18.3 Å². The summed E-state index contributed by atoms with van der Waals surface area (Å²) in [6, 6.07) is 21.2. The minimum Gasteiger partial charge on any atom is -0.506 e. The first-order valence-electron chi connectivity index (χ1n) is 8.80. The second kappa shape index (κ2) is 8.07. The van der Waals surface area contributed by atoms with E-state index in [0.717, 1.165) is 0 Å². The zero-order valence-electron chi connectivity index (χ0n) is 15.3. The van der Waals surface area contributed by atoms with Gasteiger partial charge >= 0.3 is 0 Å². The van der Waals surface area contributed by atoms with Gasteiger partial charge in [-0.25, -0.2) is 8.42 Å². The summed E-state index contributed by atoms with van der Waals surface area (Å²) in [5.74, 6) is 0.814. The van der Waals surface area contributed by atoms with Crippen LogP contribution in [0.25, 0.3) is 10.8 Å². The highest BCUT2D eigenvalue weighted by Crippen LogP contribution is 2.38. The summed E-state index contributed by atoms with van der Waals surface area (Å²) in [5, 5.41) is 11.6. The van der Waals surface area contributed by atoms with Crippen molar-refractivity contribution in [3.8, 4) is 17.2 Å². The highest BCUT2D eigenvalue weighted by Gasteiger charge is 2.18. The number of benzene rings is 4. The summed E-state index contributed by atoms with van der Waals surface area (Å²) in [4.78, 5) is 0.0438. The summed E-state index contributed by atoms with van der Waals surface area (Å²) in [6.07, 6.45) is 0. The minimum absolute atomic E-state index is 0.0438. The third-order valence-corrected chi connectivity index (χ3v) is 6.39. The van der Waals surface area contributed by atoms with Crippen LogP contribution in [0, 0.1) is 0 Å². The number of ether oxygens (including phenoxy) is 1. The average Bonchev–Trinajstić information content (AvgIpc) is 2.74. The fourth-order valence-corrected chi connectivity index (χ4v) is 4.41. The predicted octanol–water partition coefficient (Wildman–Crippen LogP) is 6.45. The molecule has 4 aromatic rings. The molecule has 0 aliphatic carbocycles. The molecule has 152 valence electrons. The van der Waals surface area contributed by atoms with Gasteiger partial charge in [0.25, 0.3) is 10.0 Å². The van der Waals surface area contributed by atoms with E-state index in [9.17, 15) is 13.5 Å². The first-order chi connectivity index (χ1) is 14.3. The second-order valence-electron chi connectivity index (χ2n) is 6.41. The lowest BCUT2D eigenvalue weighted by Crippen LogP contribution is -2.13. The molecule has 0 unspecified atom stereocenters. The fourth-order valence-electron chi connectivity index (χ4n) is 2.96. The van der Waals surface area contributed by atoms with Crippen LogP contribution in [-0.2, 0) is 10.0 Å². The third kappa shape index (κ3) is 4.03. The number of fused-ring (bicyclic) bond motifs is 1. The lowest BCUT2D eigenvalue weighted by atomic mass is 10.1. The number of phenolic OH excluding ortho intramolecular Hbond substituents is 1. The van der Waals surface area contributed by atoms with Gasteiger partial charge in [-0.2, -0.15) is 0 Å². The smallest absolute Gasteiger partial charge is 0.261 e. The topological polar surface area (TPSA) is 75.6 Å². The molecule has 0 aromatic heterocycles. The van der Waals surface area contributed by atoms with Crippen molar-refractivity contribution in [2.45, 2.75) is 4.90 Å². The zero-order chi connectivity index (χ0) is 21.3. The Morgan fingerprint density at radius 2 is 1.43 bits per heavy atom. The van der Waals surface area contributed by atoms with Crippen LogP contribution in [0.1, 0.15) is 0 Å². The lowest BCUT2D eigenvalue weighted by Gasteiger charge is -2.13. The fraction of sp³-hybridized carbons (Fsp3) is 0. The van der Waals surface area contributed by atoms with E-state index in [1.54, 1.807) is 60.7 Å². The van der Waals surface area contributed by atoms with Gasteiger partial charge in [0.2, 0.25) is 0 Å². The molecular weight excluding hydrogens is 445 g/mol. The van der Waals surface area contributed by atoms with E-state index < -0.39 is 10.0 Å². The van der Waals surface area contributed by atoms with Gasteiger partial charge in [-0.05, 0) is 42.5 Å². The van der Waals surface area contributed by atoms with Crippen LogP contribution in [0.4, 0.5) is 5.69 Å². The molecule has 2 N–H and O–H groups in total. The quantitative estimate of drug-likeness (QED) is 0.336.